The molecule has 0 saturated carbocycles. The first-order chi connectivity index (χ1) is 46.9. The molecule has 0 aromatic rings. The Balaban J connectivity index is 5.09. The molecule has 0 aromatic heterocycles. The summed E-state index contributed by atoms with van der Waals surface area (Å²) < 4.78 is 68.3. The third-order valence-electron chi connectivity index (χ3n) is 18.2. The molecular weight excluding hydrogens is 1270 g/mol. The van der Waals surface area contributed by atoms with E-state index < -0.39 is 97.5 Å². The van der Waals surface area contributed by atoms with Crippen LogP contribution in [0.25, 0.3) is 0 Å². The summed E-state index contributed by atoms with van der Waals surface area (Å²) in [7, 11) is -9.90. The van der Waals surface area contributed by atoms with E-state index in [4.69, 9.17) is 37.0 Å². The summed E-state index contributed by atoms with van der Waals surface area (Å²) in [6.45, 7) is 9.58. The quantitative estimate of drug-likeness (QED) is 0.0222. The number of phosphoric ester groups is 2. The van der Waals surface area contributed by atoms with E-state index in [2.05, 4.69) is 41.5 Å². The fraction of sp³-hybridized carbons (Fsp3) is 0.949. The van der Waals surface area contributed by atoms with Gasteiger partial charge in [0.1, 0.15) is 19.3 Å². The molecule has 0 rings (SSSR count). The lowest BCUT2D eigenvalue weighted by Crippen LogP contribution is -2.30. The topological polar surface area (TPSA) is 237 Å². The Hall–Kier alpha value is -1.94. The molecule has 5 atom stereocenters. The van der Waals surface area contributed by atoms with Gasteiger partial charge in [-0.3, -0.25) is 37.3 Å². The van der Waals surface area contributed by atoms with Gasteiger partial charge in [0.15, 0.2) is 12.2 Å². The van der Waals surface area contributed by atoms with Gasteiger partial charge in [-0.2, -0.15) is 0 Å². The molecule has 3 N–H and O–H groups in total. The average molecular weight is 1420 g/mol. The first kappa shape index (κ1) is 95.1. The zero-order valence-corrected chi connectivity index (χ0v) is 65.2. The number of hydrogen-bond donors (Lipinski definition) is 3. The Morgan fingerprint density at radius 1 is 0.278 bits per heavy atom. The highest BCUT2D eigenvalue weighted by Gasteiger charge is 2.30. The van der Waals surface area contributed by atoms with Crippen LogP contribution in [0.5, 0.6) is 0 Å². The van der Waals surface area contributed by atoms with Crippen molar-refractivity contribution in [3.05, 3.63) is 0 Å². The van der Waals surface area contributed by atoms with Gasteiger partial charge in [-0.1, -0.05) is 356 Å². The van der Waals surface area contributed by atoms with Gasteiger partial charge in [0, 0.05) is 25.7 Å². The summed E-state index contributed by atoms with van der Waals surface area (Å²) in [5, 5.41) is 10.6. The van der Waals surface area contributed by atoms with Gasteiger partial charge < -0.3 is 33.8 Å². The molecule has 97 heavy (non-hydrogen) atoms. The molecule has 576 valence electrons. The third kappa shape index (κ3) is 72.2. The van der Waals surface area contributed by atoms with Crippen LogP contribution < -0.4 is 0 Å². The molecule has 19 heteroatoms. The molecule has 2 unspecified atom stereocenters. The van der Waals surface area contributed by atoms with Crippen LogP contribution in [0.1, 0.15) is 408 Å². The largest absolute Gasteiger partial charge is 0.472 e. The molecule has 0 heterocycles. The molecule has 0 fully saturated rings. The number of carbonyl (C=O) groups is 4. The van der Waals surface area contributed by atoms with Crippen LogP contribution in [0, 0.1) is 11.8 Å². The highest BCUT2D eigenvalue weighted by molar-refractivity contribution is 7.47. The fourth-order valence-electron chi connectivity index (χ4n) is 12.0. The van der Waals surface area contributed by atoms with E-state index in [0.29, 0.717) is 25.7 Å². The number of phosphoric acid groups is 2. The molecule has 0 saturated heterocycles. The molecular formula is C78H152O17P2. The predicted molar refractivity (Wildman–Crippen MR) is 395 cm³/mol. The minimum Gasteiger partial charge on any atom is -0.462 e. The summed E-state index contributed by atoms with van der Waals surface area (Å²) in [6, 6.07) is 0. The van der Waals surface area contributed by atoms with Gasteiger partial charge in [-0.25, -0.2) is 9.13 Å². The highest BCUT2D eigenvalue weighted by Crippen LogP contribution is 2.45. The molecule has 0 aliphatic heterocycles. The van der Waals surface area contributed by atoms with Gasteiger partial charge in [-0.05, 0) is 37.5 Å². The van der Waals surface area contributed by atoms with Gasteiger partial charge >= 0.3 is 39.5 Å². The van der Waals surface area contributed by atoms with E-state index >= 15 is 0 Å². The lowest BCUT2D eigenvalue weighted by atomic mass is 10.0. The lowest BCUT2D eigenvalue weighted by molar-refractivity contribution is -0.161. The number of ether oxygens (including phenoxy) is 4. The number of aliphatic hydroxyl groups excluding tert-OH is 1. The monoisotopic (exact) mass is 1420 g/mol. The number of unbranched alkanes of at least 4 members (excludes halogenated alkanes) is 47. The van der Waals surface area contributed by atoms with Crippen LogP contribution in [-0.2, 0) is 65.4 Å². The van der Waals surface area contributed by atoms with Crippen molar-refractivity contribution in [2.75, 3.05) is 39.6 Å². The molecule has 0 aliphatic carbocycles. The highest BCUT2D eigenvalue weighted by atomic mass is 31.2. The predicted octanol–water partition coefficient (Wildman–Crippen LogP) is 23.1. The first-order valence-electron chi connectivity index (χ1n) is 40.5. The molecule has 0 radical (unpaired) electrons. The van der Waals surface area contributed by atoms with E-state index in [-0.39, 0.29) is 25.7 Å². The first-order valence-corrected chi connectivity index (χ1v) is 43.5. The Morgan fingerprint density at radius 2 is 0.474 bits per heavy atom. The Morgan fingerprint density at radius 3 is 0.701 bits per heavy atom. The van der Waals surface area contributed by atoms with Crippen molar-refractivity contribution in [3.63, 3.8) is 0 Å². The summed E-state index contributed by atoms with van der Waals surface area (Å²) in [6.07, 6.45) is 58.9. The lowest BCUT2D eigenvalue weighted by Gasteiger charge is -2.21. The van der Waals surface area contributed by atoms with E-state index in [0.717, 1.165) is 108 Å². The van der Waals surface area contributed by atoms with Crippen molar-refractivity contribution in [2.45, 2.75) is 426 Å². The molecule has 17 nitrogen and oxygen atoms in total. The zero-order chi connectivity index (χ0) is 71.4. The smallest absolute Gasteiger partial charge is 0.462 e. The molecule has 0 spiro atoms. The van der Waals surface area contributed by atoms with Gasteiger partial charge in [0.05, 0.1) is 26.4 Å². The number of esters is 4. The second-order valence-electron chi connectivity index (χ2n) is 29.1. The summed E-state index contributed by atoms with van der Waals surface area (Å²) in [4.78, 5) is 72.5. The van der Waals surface area contributed by atoms with Crippen molar-refractivity contribution < 1.29 is 80.2 Å². The van der Waals surface area contributed by atoms with Crippen LogP contribution >= 0.6 is 15.6 Å². The maximum Gasteiger partial charge on any atom is 0.472 e. The molecule has 0 aliphatic rings. The second kappa shape index (κ2) is 69.8. The molecule has 0 bridgehead atoms. The second-order valence-corrected chi connectivity index (χ2v) is 32.0. The van der Waals surface area contributed by atoms with E-state index in [1.54, 1.807) is 0 Å². The SMILES string of the molecule is CCCCCCCCCCCCC(=O)O[C@H](COC(=O)CCCCCCC)COP(=O)(O)OC[C@H](O)COP(=O)(O)OC[C@@H](COC(=O)CCCCCCCCCCCCCCCCCCCCC(C)C)OC(=O)CCCCCCCCCCCCCCCCCCCCC(C)C. The van der Waals surface area contributed by atoms with Gasteiger partial charge in [0.25, 0.3) is 0 Å². The van der Waals surface area contributed by atoms with Crippen molar-refractivity contribution in [2.24, 2.45) is 11.8 Å². The van der Waals surface area contributed by atoms with Gasteiger partial charge in [-0.15, -0.1) is 0 Å². The number of hydrogen-bond acceptors (Lipinski definition) is 15. The Labute approximate surface area is 594 Å². The number of rotatable bonds is 77. The third-order valence-corrected chi connectivity index (χ3v) is 20.1. The van der Waals surface area contributed by atoms with E-state index in [9.17, 15) is 43.2 Å². The molecule has 0 amide bonds. The van der Waals surface area contributed by atoms with Crippen molar-refractivity contribution in [1.29, 1.82) is 0 Å². The van der Waals surface area contributed by atoms with Crippen molar-refractivity contribution >= 4 is 39.5 Å². The van der Waals surface area contributed by atoms with Gasteiger partial charge in [0.2, 0.25) is 0 Å². The van der Waals surface area contributed by atoms with Crippen molar-refractivity contribution in [3.8, 4) is 0 Å². The van der Waals surface area contributed by atoms with Crippen LogP contribution in [0.15, 0.2) is 0 Å². The standard InChI is InChI=1S/C78H152O17P2/c1-7-9-11-13-14-15-38-44-50-56-62-77(82)94-73(66-88-75(80)60-54-46-12-10-8-2)68-92-96(84,85)90-64-72(79)65-91-97(86,87)93-69-74(95-78(83)63-57-51-45-40-35-31-27-23-19-17-21-25-29-33-37-42-48-53-59-71(5)6)67-89-76(81)61-55-49-43-39-34-30-26-22-18-16-20-24-28-32-36-41-47-52-58-70(3)4/h70-74,79H,7-69H2,1-6H3,(H,84,85)(H,86,87)/t72-,73+,74+/m0/s1. The average Bonchev–Trinajstić information content (AvgIpc) is 1.29. The fourth-order valence-corrected chi connectivity index (χ4v) is 13.6. The normalized spacial score (nSPS) is 14.0. The minimum absolute atomic E-state index is 0.106. The maximum atomic E-state index is 13.1. The number of aliphatic hydroxyl groups is 1. The molecule has 0 aromatic carbocycles. The maximum absolute atomic E-state index is 13.1. The van der Waals surface area contributed by atoms with Crippen molar-refractivity contribution in [1.82, 2.24) is 0 Å². The summed E-state index contributed by atoms with van der Waals surface area (Å²) in [5.74, 6) is -0.483. The van der Waals surface area contributed by atoms with Crippen LogP contribution in [0.2, 0.25) is 0 Å². The summed E-state index contributed by atoms with van der Waals surface area (Å²) in [5.41, 5.74) is 0. The number of carbonyl (C=O) groups excluding carboxylic acids is 4. The van der Waals surface area contributed by atoms with E-state index in [1.165, 1.54) is 218 Å². The summed E-state index contributed by atoms with van der Waals surface area (Å²) >= 11 is 0. The van der Waals surface area contributed by atoms with Crippen LogP contribution in [0.3, 0.4) is 0 Å². The Kier molecular flexibility index (Phi) is 68.4. The zero-order valence-electron chi connectivity index (χ0n) is 63.4. The minimum atomic E-state index is -4.96. The van der Waals surface area contributed by atoms with E-state index in [1.807, 2.05) is 0 Å². The van der Waals surface area contributed by atoms with Crippen LogP contribution in [0.4, 0.5) is 0 Å². The van der Waals surface area contributed by atoms with Crippen LogP contribution in [-0.4, -0.2) is 96.7 Å². The Bertz CT molecular complexity index is 1870.